The second kappa shape index (κ2) is 9.25. The molecule has 0 spiro atoms. The van der Waals surface area contributed by atoms with E-state index in [0.29, 0.717) is 46.8 Å². The molecule has 1 fully saturated rings. The number of hydroxylamine groups is 1. The van der Waals surface area contributed by atoms with Gasteiger partial charge in [0.2, 0.25) is 10.0 Å². The zero-order valence-electron chi connectivity index (χ0n) is 19.6. The molecule has 0 amide bonds. The summed E-state index contributed by atoms with van der Waals surface area (Å²) in [7, 11) is -3.57. The van der Waals surface area contributed by atoms with Crippen LogP contribution in [0.25, 0.3) is 22.3 Å². The molecule has 3 aromatic rings. The summed E-state index contributed by atoms with van der Waals surface area (Å²) in [4.78, 5) is 9.98. The molecule has 5 rings (SSSR count). The molecule has 0 radical (unpaired) electrons. The third-order valence-electron chi connectivity index (χ3n) is 6.27. The molecule has 0 bridgehead atoms. The minimum Gasteiger partial charge on any atom is -0.455 e. The molecule has 2 heterocycles. The van der Waals surface area contributed by atoms with Crippen LogP contribution in [0.5, 0.6) is 0 Å². The standard InChI is InChI=1S/C25H28FN3O5S/c1-15-27-25(28-34-15)23-20-13-19(16-5-6-16)21(29(35(2,31)32)11-3-4-12-30)14-22(20)33-24(23)17-7-9-18(26)10-8-17/h7-10,13-16,30H,3-6,11-12H2,1-2H3,(H,27,28). The SMILES string of the molecule is CC1N=C(c2c(-c3ccc(F)cc3)oc3cc(N(CCCCO)S(C)(=O)=O)c(C4CC4)cc23)NO1. The van der Waals surface area contributed by atoms with Crippen molar-refractivity contribution in [2.75, 3.05) is 23.7 Å². The van der Waals surface area contributed by atoms with Gasteiger partial charge in [-0.3, -0.25) is 4.31 Å². The Labute approximate surface area is 203 Å². The Morgan fingerprint density at radius 1 is 1.20 bits per heavy atom. The molecule has 1 unspecified atom stereocenters. The van der Waals surface area contributed by atoms with Gasteiger partial charge in [-0.25, -0.2) is 28.1 Å². The lowest BCUT2D eigenvalue weighted by Gasteiger charge is -2.25. The molecule has 35 heavy (non-hydrogen) atoms. The summed E-state index contributed by atoms with van der Waals surface area (Å²) in [6.07, 6.45) is 3.81. The number of aliphatic hydroxyl groups excluding tert-OH is 1. The predicted molar refractivity (Wildman–Crippen MR) is 132 cm³/mol. The number of hydrogen-bond acceptors (Lipinski definition) is 7. The third kappa shape index (κ3) is 4.78. The van der Waals surface area contributed by atoms with Crippen LogP contribution in [-0.2, 0) is 14.9 Å². The van der Waals surface area contributed by atoms with E-state index in [1.165, 1.54) is 22.7 Å². The molecule has 1 aromatic heterocycles. The van der Waals surface area contributed by atoms with Crippen LogP contribution in [-0.4, -0.2) is 45.0 Å². The van der Waals surface area contributed by atoms with Crippen molar-refractivity contribution in [3.05, 3.63) is 53.3 Å². The lowest BCUT2D eigenvalue weighted by molar-refractivity contribution is 0.0504. The normalized spacial score (nSPS) is 18.1. The number of anilines is 1. The van der Waals surface area contributed by atoms with Crippen LogP contribution in [0.4, 0.5) is 10.1 Å². The summed E-state index contributed by atoms with van der Waals surface area (Å²) in [5, 5.41) is 9.97. The fourth-order valence-corrected chi connectivity index (χ4v) is 5.43. The molecule has 2 N–H and O–H groups in total. The topological polar surface area (TPSA) is 104 Å². The Hall–Kier alpha value is -2.95. The first-order valence-electron chi connectivity index (χ1n) is 11.7. The van der Waals surface area contributed by atoms with Crippen LogP contribution in [0.1, 0.15) is 49.7 Å². The van der Waals surface area contributed by atoms with E-state index in [2.05, 4.69) is 10.5 Å². The summed E-state index contributed by atoms with van der Waals surface area (Å²) in [6.45, 7) is 2.08. The highest BCUT2D eigenvalue weighted by molar-refractivity contribution is 7.92. The first-order chi connectivity index (χ1) is 16.8. The lowest BCUT2D eigenvalue weighted by Crippen LogP contribution is -2.31. The maximum Gasteiger partial charge on any atom is 0.232 e. The Kier molecular flexibility index (Phi) is 6.29. The molecule has 1 aliphatic carbocycles. The highest BCUT2D eigenvalue weighted by atomic mass is 32.2. The Morgan fingerprint density at radius 3 is 2.54 bits per heavy atom. The average molecular weight is 502 g/mol. The summed E-state index contributed by atoms with van der Waals surface area (Å²) in [5.74, 6) is 0.897. The molecule has 1 aliphatic heterocycles. The van der Waals surface area contributed by atoms with Gasteiger partial charge in [-0.1, -0.05) is 0 Å². The van der Waals surface area contributed by atoms with Crippen molar-refractivity contribution in [2.24, 2.45) is 4.99 Å². The van der Waals surface area contributed by atoms with Gasteiger partial charge in [-0.2, -0.15) is 0 Å². The van der Waals surface area contributed by atoms with E-state index in [1.807, 2.05) is 13.0 Å². The minimum absolute atomic E-state index is 0.00426. The van der Waals surface area contributed by atoms with Crippen LogP contribution >= 0.6 is 0 Å². The summed E-state index contributed by atoms with van der Waals surface area (Å²) >= 11 is 0. The van der Waals surface area contributed by atoms with Gasteiger partial charge >= 0.3 is 0 Å². The Bertz CT molecular complexity index is 1380. The maximum absolute atomic E-state index is 13.6. The molecule has 10 heteroatoms. The third-order valence-corrected chi connectivity index (χ3v) is 7.45. The second-order valence-electron chi connectivity index (χ2n) is 9.06. The minimum atomic E-state index is -3.57. The van der Waals surface area contributed by atoms with Crippen LogP contribution in [0.15, 0.2) is 45.8 Å². The number of aliphatic hydroxyl groups is 1. The number of sulfonamides is 1. The van der Waals surface area contributed by atoms with Crippen molar-refractivity contribution in [2.45, 2.75) is 44.8 Å². The van der Waals surface area contributed by atoms with E-state index in [0.717, 1.165) is 23.8 Å². The Morgan fingerprint density at radius 2 is 1.94 bits per heavy atom. The number of benzene rings is 2. The monoisotopic (exact) mass is 501 g/mol. The van der Waals surface area contributed by atoms with Gasteiger partial charge in [0.15, 0.2) is 12.1 Å². The number of nitrogens with one attached hydrogen (secondary N) is 1. The fraction of sp³-hybridized carbons (Fsp3) is 0.400. The van der Waals surface area contributed by atoms with Crippen molar-refractivity contribution in [1.82, 2.24) is 5.48 Å². The number of aliphatic imine (C=N–C) groups is 1. The van der Waals surface area contributed by atoms with Crippen molar-refractivity contribution in [1.29, 1.82) is 0 Å². The van der Waals surface area contributed by atoms with E-state index < -0.39 is 10.0 Å². The predicted octanol–water partition coefficient (Wildman–Crippen LogP) is 4.28. The molecule has 1 saturated carbocycles. The lowest BCUT2D eigenvalue weighted by atomic mass is 10.00. The fourth-order valence-electron chi connectivity index (χ4n) is 4.45. The first kappa shape index (κ1) is 23.8. The second-order valence-corrected chi connectivity index (χ2v) is 11.0. The van der Waals surface area contributed by atoms with Crippen molar-refractivity contribution in [3.8, 4) is 11.3 Å². The molecular weight excluding hydrogens is 473 g/mol. The number of rotatable bonds is 9. The van der Waals surface area contributed by atoms with Gasteiger partial charge in [0.25, 0.3) is 0 Å². The molecule has 1 atom stereocenters. The molecular formula is C25H28FN3O5S. The molecule has 0 saturated heterocycles. The van der Waals surface area contributed by atoms with E-state index >= 15 is 0 Å². The number of amidine groups is 1. The largest absolute Gasteiger partial charge is 0.455 e. The smallest absolute Gasteiger partial charge is 0.232 e. The molecule has 2 aromatic carbocycles. The summed E-state index contributed by atoms with van der Waals surface area (Å²) in [6, 6.07) is 9.77. The van der Waals surface area contributed by atoms with E-state index in [-0.39, 0.29) is 31.1 Å². The van der Waals surface area contributed by atoms with Gasteiger partial charge in [-0.05, 0) is 74.4 Å². The quantitative estimate of drug-likeness (QED) is 0.424. The van der Waals surface area contributed by atoms with Gasteiger partial charge in [-0.15, -0.1) is 0 Å². The zero-order valence-corrected chi connectivity index (χ0v) is 20.4. The van der Waals surface area contributed by atoms with Gasteiger partial charge in [0, 0.05) is 30.2 Å². The van der Waals surface area contributed by atoms with Gasteiger partial charge in [0.05, 0.1) is 17.5 Å². The highest BCUT2D eigenvalue weighted by Gasteiger charge is 2.33. The Balaban J connectivity index is 1.72. The number of unbranched alkanes of at least 4 members (excludes halogenated alkanes) is 1. The highest BCUT2D eigenvalue weighted by Crippen LogP contribution is 2.48. The number of hydrogen-bond donors (Lipinski definition) is 2. The number of halogens is 1. The number of nitrogens with zero attached hydrogens (tertiary/aromatic N) is 2. The number of fused-ring (bicyclic) bond motifs is 1. The maximum atomic E-state index is 13.6. The summed E-state index contributed by atoms with van der Waals surface area (Å²) < 4.78 is 46.9. The zero-order chi connectivity index (χ0) is 24.7. The molecule has 186 valence electrons. The first-order valence-corrected chi connectivity index (χ1v) is 13.6. The molecule has 8 nitrogen and oxygen atoms in total. The van der Waals surface area contributed by atoms with Crippen LogP contribution < -0.4 is 9.79 Å². The van der Waals surface area contributed by atoms with Crippen molar-refractivity contribution in [3.63, 3.8) is 0 Å². The number of furan rings is 1. The van der Waals surface area contributed by atoms with Crippen LogP contribution in [0.3, 0.4) is 0 Å². The van der Waals surface area contributed by atoms with Crippen molar-refractivity contribution >= 4 is 32.5 Å². The molecule has 2 aliphatic rings. The van der Waals surface area contributed by atoms with E-state index in [4.69, 9.17) is 9.25 Å². The summed E-state index contributed by atoms with van der Waals surface area (Å²) in [5.41, 5.74) is 6.26. The van der Waals surface area contributed by atoms with E-state index in [9.17, 15) is 17.9 Å². The average Bonchev–Trinajstić information content (AvgIpc) is 3.47. The van der Waals surface area contributed by atoms with Crippen molar-refractivity contribution < 1.29 is 27.2 Å². The van der Waals surface area contributed by atoms with Crippen LogP contribution in [0, 0.1) is 5.82 Å². The van der Waals surface area contributed by atoms with Gasteiger partial charge < -0.3 is 9.52 Å². The van der Waals surface area contributed by atoms with E-state index in [1.54, 1.807) is 18.2 Å². The van der Waals surface area contributed by atoms with Crippen LogP contribution in [0.2, 0.25) is 0 Å². The van der Waals surface area contributed by atoms with Gasteiger partial charge in [0.1, 0.15) is 17.2 Å².